The molecule has 29 heavy (non-hydrogen) atoms. The fourth-order valence-corrected chi connectivity index (χ4v) is 4.39. The lowest BCUT2D eigenvalue weighted by Gasteiger charge is -2.34. The van der Waals surface area contributed by atoms with Gasteiger partial charge in [0.05, 0.1) is 17.7 Å². The van der Waals surface area contributed by atoms with E-state index in [4.69, 9.17) is 10.5 Å². The average Bonchev–Trinajstić information content (AvgIpc) is 2.70. The first-order valence-electron chi connectivity index (χ1n) is 9.35. The van der Waals surface area contributed by atoms with Crippen LogP contribution in [0.25, 0.3) is 0 Å². The number of aromatic nitrogens is 2. The highest BCUT2D eigenvalue weighted by Gasteiger charge is 2.26. The van der Waals surface area contributed by atoms with E-state index in [9.17, 15) is 13.2 Å². The van der Waals surface area contributed by atoms with Crippen LogP contribution in [-0.2, 0) is 14.6 Å². The van der Waals surface area contributed by atoms with Gasteiger partial charge < -0.3 is 20.3 Å². The Morgan fingerprint density at radius 1 is 1.17 bits per heavy atom. The van der Waals surface area contributed by atoms with Gasteiger partial charge in [0, 0.05) is 26.2 Å². The Kier molecular flexibility index (Phi) is 5.92. The maximum atomic E-state index is 13.0. The largest absolute Gasteiger partial charge is 0.450 e. The first-order valence-corrected chi connectivity index (χ1v) is 10.8. The Bertz CT molecular complexity index is 1020. The van der Waals surface area contributed by atoms with Gasteiger partial charge in [-0.05, 0) is 44.0 Å². The predicted molar refractivity (Wildman–Crippen MR) is 109 cm³/mol. The van der Waals surface area contributed by atoms with Gasteiger partial charge in [-0.25, -0.2) is 18.2 Å². The van der Waals surface area contributed by atoms with Crippen molar-refractivity contribution in [3.05, 3.63) is 35.5 Å². The molecule has 0 unspecified atom stereocenters. The third kappa shape index (κ3) is 4.26. The van der Waals surface area contributed by atoms with Crippen molar-refractivity contribution in [3.8, 4) is 0 Å². The Morgan fingerprint density at radius 2 is 1.86 bits per heavy atom. The molecular weight excluding hydrogens is 394 g/mol. The van der Waals surface area contributed by atoms with Gasteiger partial charge in [-0.2, -0.15) is 4.98 Å². The second-order valence-electron chi connectivity index (χ2n) is 6.84. The minimum absolute atomic E-state index is 0.0962. The SMILES string of the molecule is CCOC(=O)N1CCN(c2ncc(S(=O)(=O)c3ccc(C)c(C)c3)c(N)n2)CC1. The molecule has 2 N–H and O–H groups in total. The zero-order valence-electron chi connectivity index (χ0n) is 16.8. The summed E-state index contributed by atoms with van der Waals surface area (Å²) in [5.74, 6) is 0.242. The molecule has 1 aliphatic heterocycles. The van der Waals surface area contributed by atoms with Crippen LogP contribution in [-0.4, -0.2) is 62.2 Å². The fraction of sp³-hybridized carbons (Fsp3) is 0.421. The molecule has 3 rings (SSSR count). The van der Waals surface area contributed by atoms with Gasteiger partial charge in [-0.15, -0.1) is 0 Å². The summed E-state index contributed by atoms with van der Waals surface area (Å²) >= 11 is 0. The molecule has 2 aromatic rings. The second kappa shape index (κ2) is 8.24. The number of nitrogens with zero attached hydrogens (tertiary/aromatic N) is 4. The summed E-state index contributed by atoms with van der Waals surface area (Å²) in [5, 5.41) is 0. The van der Waals surface area contributed by atoms with Crippen LogP contribution in [0, 0.1) is 13.8 Å². The molecule has 156 valence electrons. The quantitative estimate of drug-likeness (QED) is 0.797. The van der Waals surface area contributed by atoms with Crippen molar-refractivity contribution in [2.75, 3.05) is 43.4 Å². The third-order valence-electron chi connectivity index (χ3n) is 4.94. The molecule has 1 aromatic carbocycles. The number of ether oxygens (including phenoxy) is 1. The summed E-state index contributed by atoms with van der Waals surface area (Å²) in [7, 11) is -3.82. The van der Waals surface area contributed by atoms with E-state index in [2.05, 4.69) is 9.97 Å². The molecule has 1 aromatic heterocycles. The number of hydrogen-bond acceptors (Lipinski definition) is 8. The maximum absolute atomic E-state index is 13.0. The highest BCUT2D eigenvalue weighted by atomic mass is 32.2. The molecule has 0 saturated carbocycles. The van der Waals surface area contributed by atoms with E-state index in [1.807, 2.05) is 18.7 Å². The Labute approximate surface area is 170 Å². The molecule has 0 atom stereocenters. The van der Waals surface area contributed by atoms with Crippen LogP contribution in [0.2, 0.25) is 0 Å². The number of amides is 1. The van der Waals surface area contributed by atoms with Crippen LogP contribution >= 0.6 is 0 Å². The van der Waals surface area contributed by atoms with Gasteiger partial charge in [0.25, 0.3) is 0 Å². The number of rotatable bonds is 4. The van der Waals surface area contributed by atoms with Crippen molar-refractivity contribution in [2.24, 2.45) is 0 Å². The van der Waals surface area contributed by atoms with Crippen molar-refractivity contribution in [3.63, 3.8) is 0 Å². The Balaban J connectivity index is 1.79. The lowest BCUT2D eigenvalue weighted by Crippen LogP contribution is -2.49. The van der Waals surface area contributed by atoms with Crippen molar-refractivity contribution >= 4 is 27.7 Å². The summed E-state index contributed by atoms with van der Waals surface area (Å²) in [6.07, 6.45) is 0.905. The molecule has 0 spiro atoms. The van der Waals surface area contributed by atoms with Gasteiger partial charge in [0.1, 0.15) is 10.7 Å². The summed E-state index contributed by atoms with van der Waals surface area (Å²) in [6.45, 7) is 7.79. The number of nitrogens with two attached hydrogens (primary N) is 1. The van der Waals surface area contributed by atoms with Crippen LogP contribution in [0.4, 0.5) is 16.6 Å². The number of benzene rings is 1. The minimum Gasteiger partial charge on any atom is -0.450 e. The highest BCUT2D eigenvalue weighted by Crippen LogP contribution is 2.27. The average molecular weight is 420 g/mol. The van der Waals surface area contributed by atoms with E-state index in [0.717, 1.165) is 11.1 Å². The monoisotopic (exact) mass is 419 g/mol. The standard InChI is InChI=1S/C19H25N5O4S/c1-4-28-19(25)24-9-7-23(8-10-24)18-21-12-16(17(20)22-18)29(26,27)15-6-5-13(2)14(3)11-15/h5-6,11-12H,4,7-10H2,1-3H3,(H2,20,21,22). The first-order chi connectivity index (χ1) is 13.7. The number of hydrogen-bond donors (Lipinski definition) is 1. The van der Waals surface area contributed by atoms with E-state index in [-0.39, 0.29) is 21.7 Å². The molecule has 1 fully saturated rings. The molecule has 1 amide bonds. The van der Waals surface area contributed by atoms with Crippen LogP contribution in [0.1, 0.15) is 18.1 Å². The lowest BCUT2D eigenvalue weighted by atomic mass is 10.1. The molecule has 1 saturated heterocycles. The molecular formula is C19H25N5O4S. The van der Waals surface area contributed by atoms with Crippen molar-refractivity contribution in [2.45, 2.75) is 30.6 Å². The molecule has 10 heteroatoms. The summed E-state index contributed by atoms with van der Waals surface area (Å²) < 4.78 is 30.9. The number of nitrogen functional groups attached to an aromatic ring is 1. The number of carbonyl (C=O) groups excluding carboxylic acids is 1. The number of anilines is 2. The van der Waals surface area contributed by atoms with Crippen LogP contribution in [0.15, 0.2) is 34.2 Å². The summed E-state index contributed by atoms with van der Waals surface area (Å²) in [4.78, 5) is 23.7. The normalized spacial score (nSPS) is 14.7. The van der Waals surface area contributed by atoms with Crippen molar-refractivity contribution in [1.82, 2.24) is 14.9 Å². The van der Waals surface area contributed by atoms with Gasteiger partial charge in [0.2, 0.25) is 15.8 Å². The van der Waals surface area contributed by atoms with Crippen molar-refractivity contribution < 1.29 is 17.9 Å². The molecule has 2 heterocycles. The molecule has 0 aliphatic carbocycles. The van der Waals surface area contributed by atoms with E-state index in [0.29, 0.717) is 38.7 Å². The van der Waals surface area contributed by atoms with Crippen LogP contribution < -0.4 is 10.6 Å². The van der Waals surface area contributed by atoms with Crippen molar-refractivity contribution in [1.29, 1.82) is 0 Å². The van der Waals surface area contributed by atoms with E-state index < -0.39 is 9.84 Å². The predicted octanol–water partition coefficient (Wildman–Crippen LogP) is 1.79. The smallest absolute Gasteiger partial charge is 0.409 e. The van der Waals surface area contributed by atoms with Gasteiger partial charge >= 0.3 is 6.09 Å². The van der Waals surface area contributed by atoms with Gasteiger partial charge in [-0.3, -0.25) is 0 Å². The Hall–Kier alpha value is -2.88. The fourth-order valence-electron chi connectivity index (χ4n) is 3.05. The number of piperazine rings is 1. The molecule has 9 nitrogen and oxygen atoms in total. The third-order valence-corrected chi connectivity index (χ3v) is 6.71. The Morgan fingerprint density at radius 3 is 2.45 bits per heavy atom. The number of aryl methyl sites for hydroxylation is 2. The molecule has 0 radical (unpaired) electrons. The minimum atomic E-state index is -3.82. The van der Waals surface area contributed by atoms with Gasteiger partial charge in [-0.1, -0.05) is 6.07 Å². The number of carbonyl (C=O) groups is 1. The molecule has 0 bridgehead atoms. The zero-order chi connectivity index (χ0) is 21.2. The topological polar surface area (TPSA) is 119 Å². The van der Waals surface area contributed by atoms with Crippen LogP contribution in [0.3, 0.4) is 0 Å². The highest BCUT2D eigenvalue weighted by molar-refractivity contribution is 7.91. The van der Waals surface area contributed by atoms with Crippen LogP contribution in [0.5, 0.6) is 0 Å². The summed E-state index contributed by atoms with van der Waals surface area (Å²) in [6, 6.07) is 4.93. The number of sulfone groups is 1. The van der Waals surface area contributed by atoms with E-state index in [1.165, 1.54) is 6.20 Å². The van der Waals surface area contributed by atoms with Gasteiger partial charge in [0.15, 0.2) is 0 Å². The second-order valence-corrected chi connectivity index (χ2v) is 8.76. The van der Waals surface area contributed by atoms with E-state index in [1.54, 1.807) is 30.0 Å². The first kappa shape index (κ1) is 20.8. The zero-order valence-corrected chi connectivity index (χ0v) is 17.6. The summed E-state index contributed by atoms with van der Waals surface area (Å²) in [5.41, 5.74) is 7.87. The van der Waals surface area contributed by atoms with E-state index >= 15 is 0 Å². The molecule has 1 aliphatic rings. The lowest BCUT2D eigenvalue weighted by molar-refractivity contribution is 0.105. The maximum Gasteiger partial charge on any atom is 0.409 e.